The lowest BCUT2D eigenvalue weighted by Gasteiger charge is -2.32. The van der Waals surface area contributed by atoms with E-state index >= 15 is 0 Å². The van der Waals surface area contributed by atoms with Gasteiger partial charge in [-0.2, -0.15) is 0 Å². The number of halogens is 1. The smallest absolute Gasteiger partial charge is 0.270 e. The van der Waals surface area contributed by atoms with Crippen molar-refractivity contribution in [1.82, 2.24) is 9.78 Å². The van der Waals surface area contributed by atoms with Gasteiger partial charge >= 0.3 is 0 Å². The number of nitrogens with zero attached hydrogens (tertiary/aromatic N) is 2. The zero-order valence-electron chi connectivity index (χ0n) is 14.0. The number of fused-ring (bicyclic) bond motifs is 4. The molecule has 130 valence electrons. The number of anilines is 2. The third-order valence-electron chi connectivity index (χ3n) is 5.00. The number of aromatic nitrogens is 2. The van der Waals surface area contributed by atoms with Crippen LogP contribution in [0.5, 0.6) is 0 Å². The highest BCUT2D eigenvalue weighted by molar-refractivity contribution is 6.31. The molecule has 0 saturated heterocycles. The van der Waals surface area contributed by atoms with Crippen LogP contribution in [0.3, 0.4) is 0 Å². The molecule has 0 aliphatic carbocycles. The molecule has 0 fully saturated rings. The van der Waals surface area contributed by atoms with Gasteiger partial charge in [0.15, 0.2) is 0 Å². The van der Waals surface area contributed by atoms with Crippen LogP contribution in [0, 0.1) is 0 Å². The van der Waals surface area contributed by atoms with Crippen molar-refractivity contribution in [3.05, 3.63) is 44.7 Å². The largest absolute Gasteiger partial charge is 0.314 e. The summed E-state index contributed by atoms with van der Waals surface area (Å²) in [6, 6.07) is 5.02. The molecule has 7 nitrogen and oxygen atoms in total. The normalized spacial score (nSPS) is 21.7. The summed E-state index contributed by atoms with van der Waals surface area (Å²) >= 11 is 6.16. The maximum Gasteiger partial charge on any atom is 0.270 e. The molecule has 1 spiro atoms. The number of carbonyl (C=O) groups is 2. The van der Waals surface area contributed by atoms with Crippen LogP contribution in [0.4, 0.5) is 11.5 Å². The number of carbonyl (C=O) groups excluding carboxylic acids is 2. The summed E-state index contributed by atoms with van der Waals surface area (Å²) in [5.41, 5.74) is -0.195. The minimum absolute atomic E-state index is 0.0834. The molecule has 0 saturated carbocycles. The summed E-state index contributed by atoms with van der Waals surface area (Å²) < 4.78 is 1.59. The molecule has 0 radical (unpaired) electrons. The van der Waals surface area contributed by atoms with Gasteiger partial charge in [-0.05, 0) is 37.6 Å². The van der Waals surface area contributed by atoms with E-state index in [1.54, 1.807) is 29.9 Å². The van der Waals surface area contributed by atoms with Gasteiger partial charge in [0.1, 0.15) is 11.2 Å². The van der Waals surface area contributed by atoms with Crippen molar-refractivity contribution in [2.24, 2.45) is 0 Å². The molecule has 2 amide bonds. The zero-order valence-corrected chi connectivity index (χ0v) is 14.8. The quantitative estimate of drug-likeness (QED) is 0.815. The monoisotopic (exact) mass is 360 g/mol. The average Bonchev–Trinajstić information content (AvgIpc) is 2.97. The first-order valence-electron chi connectivity index (χ1n) is 8.00. The molecule has 4 rings (SSSR count). The van der Waals surface area contributed by atoms with E-state index in [0.717, 1.165) is 0 Å². The molecular formula is C17H17ClN4O3. The lowest BCUT2D eigenvalue weighted by molar-refractivity contribution is -0.126. The fourth-order valence-corrected chi connectivity index (χ4v) is 4.10. The van der Waals surface area contributed by atoms with Crippen LogP contribution in [0.1, 0.15) is 37.4 Å². The molecule has 1 atom stereocenters. The third-order valence-corrected chi connectivity index (χ3v) is 5.24. The number of hydrogen-bond acceptors (Lipinski definition) is 3. The number of hydrogen-bond donors (Lipinski definition) is 2. The van der Waals surface area contributed by atoms with Gasteiger partial charge in [0, 0.05) is 23.8 Å². The number of benzene rings is 1. The van der Waals surface area contributed by atoms with Gasteiger partial charge in [0.05, 0.1) is 12.0 Å². The molecule has 3 heterocycles. The summed E-state index contributed by atoms with van der Waals surface area (Å²) in [7, 11) is 1.64. The Morgan fingerprint density at radius 1 is 1.24 bits per heavy atom. The molecule has 1 aromatic heterocycles. The van der Waals surface area contributed by atoms with E-state index in [9.17, 15) is 14.4 Å². The first-order valence-corrected chi connectivity index (χ1v) is 8.38. The van der Waals surface area contributed by atoms with Crippen molar-refractivity contribution < 1.29 is 9.59 Å². The van der Waals surface area contributed by atoms with E-state index < -0.39 is 5.41 Å². The van der Waals surface area contributed by atoms with Crippen LogP contribution in [0.25, 0.3) is 0 Å². The van der Waals surface area contributed by atoms with Crippen LogP contribution in [0.15, 0.2) is 23.0 Å². The number of likely N-dealkylation sites (N-methyl/N-ethyl adjacent to an activating group) is 1. The van der Waals surface area contributed by atoms with Gasteiger partial charge in [0.25, 0.3) is 5.56 Å². The minimum atomic E-state index is -1.35. The first kappa shape index (κ1) is 16.0. The van der Waals surface area contributed by atoms with Crippen molar-refractivity contribution in [3.63, 3.8) is 0 Å². The van der Waals surface area contributed by atoms with E-state index in [1.807, 2.05) is 13.8 Å². The van der Waals surface area contributed by atoms with Gasteiger partial charge < -0.3 is 10.2 Å². The van der Waals surface area contributed by atoms with Gasteiger partial charge in [-0.15, -0.1) is 0 Å². The summed E-state index contributed by atoms with van der Waals surface area (Å²) in [4.78, 5) is 40.0. The molecule has 0 bridgehead atoms. The van der Waals surface area contributed by atoms with Gasteiger partial charge in [-0.3, -0.25) is 24.2 Å². The minimum Gasteiger partial charge on any atom is -0.314 e. The lowest BCUT2D eigenvalue weighted by Crippen LogP contribution is -2.47. The standard InChI is InChI=1S/C17H17ClN4O3/c1-8(2)22-14-13(15(24)20-22)17(7-12(23)19-14)10-6-9(18)4-5-11(10)21(3)16(17)25/h4-6,8H,7H2,1-3H3,(H,19,23)(H,20,24). The number of aromatic amines is 1. The first-order chi connectivity index (χ1) is 11.8. The molecule has 2 N–H and O–H groups in total. The molecule has 8 heteroatoms. The molecule has 25 heavy (non-hydrogen) atoms. The third kappa shape index (κ3) is 1.90. The fraction of sp³-hybridized carbons (Fsp3) is 0.353. The molecule has 2 aliphatic rings. The van der Waals surface area contributed by atoms with Crippen LogP contribution in [-0.2, 0) is 15.0 Å². The van der Waals surface area contributed by atoms with Gasteiger partial charge in [-0.1, -0.05) is 11.6 Å². The fourth-order valence-electron chi connectivity index (χ4n) is 3.93. The highest BCUT2D eigenvalue weighted by Crippen LogP contribution is 2.51. The zero-order chi connectivity index (χ0) is 18.1. The van der Waals surface area contributed by atoms with Crippen molar-refractivity contribution in [2.45, 2.75) is 31.7 Å². The maximum absolute atomic E-state index is 13.2. The number of rotatable bonds is 1. The Hall–Kier alpha value is -2.54. The van der Waals surface area contributed by atoms with E-state index in [1.165, 1.54) is 4.90 Å². The number of nitrogens with one attached hydrogen (secondary N) is 2. The van der Waals surface area contributed by atoms with Crippen LogP contribution in [-0.4, -0.2) is 28.6 Å². The van der Waals surface area contributed by atoms with Gasteiger partial charge in [-0.25, -0.2) is 0 Å². The average molecular weight is 361 g/mol. The summed E-state index contributed by atoms with van der Waals surface area (Å²) in [6.45, 7) is 3.77. The van der Waals surface area contributed by atoms with Crippen LogP contribution >= 0.6 is 11.6 Å². The predicted molar refractivity (Wildman–Crippen MR) is 94.3 cm³/mol. The highest BCUT2D eigenvalue weighted by atomic mass is 35.5. The van der Waals surface area contributed by atoms with E-state index in [-0.39, 0.29) is 35.4 Å². The predicted octanol–water partition coefficient (Wildman–Crippen LogP) is 2.02. The Morgan fingerprint density at radius 2 is 1.96 bits per heavy atom. The van der Waals surface area contributed by atoms with Gasteiger partial charge in [0.2, 0.25) is 11.8 Å². The maximum atomic E-state index is 13.2. The second-order valence-electron chi connectivity index (χ2n) is 6.78. The van der Waals surface area contributed by atoms with Crippen LogP contribution < -0.4 is 15.8 Å². The van der Waals surface area contributed by atoms with E-state index in [4.69, 9.17) is 11.6 Å². The second-order valence-corrected chi connectivity index (χ2v) is 7.22. The van der Waals surface area contributed by atoms with Crippen LogP contribution in [0.2, 0.25) is 5.02 Å². The topological polar surface area (TPSA) is 87.2 Å². The Bertz CT molecular complexity index is 990. The SMILES string of the molecule is CC(C)n1[nH]c(=O)c2c1NC(=O)CC21C(=O)N(C)c2ccc(Cl)cc21. The number of amides is 2. The Morgan fingerprint density at radius 3 is 2.64 bits per heavy atom. The molecule has 1 aromatic carbocycles. The number of H-pyrrole nitrogens is 1. The summed E-state index contributed by atoms with van der Waals surface area (Å²) in [5.74, 6) is -0.255. The van der Waals surface area contributed by atoms with Crippen molar-refractivity contribution in [2.75, 3.05) is 17.3 Å². The molecule has 2 aromatic rings. The van der Waals surface area contributed by atoms with Crippen molar-refractivity contribution in [3.8, 4) is 0 Å². The molecule has 1 unspecified atom stereocenters. The Balaban J connectivity index is 2.12. The Kier molecular flexibility index (Phi) is 3.18. The van der Waals surface area contributed by atoms with Crippen molar-refractivity contribution in [1.29, 1.82) is 0 Å². The summed E-state index contributed by atoms with van der Waals surface area (Å²) in [6.07, 6.45) is -0.123. The van der Waals surface area contributed by atoms with E-state index in [0.29, 0.717) is 22.1 Å². The summed E-state index contributed by atoms with van der Waals surface area (Å²) in [5, 5.41) is 5.95. The molecular weight excluding hydrogens is 344 g/mol. The van der Waals surface area contributed by atoms with Crippen molar-refractivity contribution >= 4 is 34.9 Å². The van der Waals surface area contributed by atoms with E-state index in [2.05, 4.69) is 10.4 Å². The highest BCUT2D eigenvalue weighted by Gasteiger charge is 2.57. The second kappa shape index (κ2) is 4.98. The lowest BCUT2D eigenvalue weighted by atomic mass is 9.71. The molecule has 2 aliphatic heterocycles. The Labute approximate surface area is 148 Å².